The lowest BCUT2D eigenvalue weighted by molar-refractivity contribution is -0.131. The van der Waals surface area contributed by atoms with Crippen molar-refractivity contribution in [2.24, 2.45) is 4.99 Å². The monoisotopic (exact) mass is 182 g/mol. The van der Waals surface area contributed by atoms with Crippen LogP contribution >= 0.6 is 0 Å². The van der Waals surface area contributed by atoms with Gasteiger partial charge in [-0.25, -0.2) is 0 Å². The number of aliphatic hydroxyl groups is 1. The summed E-state index contributed by atoms with van der Waals surface area (Å²) in [6.07, 6.45) is 2.80. The average Bonchev–Trinajstić information content (AvgIpc) is 2.54. The highest BCUT2D eigenvalue weighted by molar-refractivity contribution is 5.96. The van der Waals surface area contributed by atoms with Crippen molar-refractivity contribution in [3.8, 4) is 0 Å². The summed E-state index contributed by atoms with van der Waals surface area (Å²) in [5.41, 5.74) is -1.35. The molecule has 0 aromatic rings. The lowest BCUT2D eigenvalue weighted by Gasteiger charge is -2.25. The van der Waals surface area contributed by atoms with Gasteiger partial charge in [-0.2, -0.15) is 0 Å². The molecule has 0 fully saturated rings. The number of β-amino-alcohol motifs (C(OH)–C–C–N with tert-alkyl or cyclic N) is 1. The first kappa shape index (κ1) is 9.92. The van der Waals surface area contributed by atoms with E-state index in [1.165, 1.54) is 6.92 Å². The van der Waals surface area contributed by atoms with Crippen LogP contribution in [-0.2, 0) is 4.79 Å². The van der Waals surface area contributed by atoms with E-state index in [1.807, 2.05) is 4.90 Å². The lowest BCUT2D eigenvalue weighted by atomic mass is 10.0. The normalized spacial score (nSPS) is 20.0. The maximum absolute atomic E-state index is 11.2. The molecule has 1 rings (SSSR count). The molecular formula is C9H14N2O2. The molecule has 0 spiro atoms. The van der Waals surface area contributed by atoms with Crippen molar-refractivity contribution in [3.63, 3.8) is 0 Å². The summed E-state index contributed by atoms with van der Waals surface area (Å²) in [5.74, 6) is -0.354. The minimum Gasteiger partial charge on any atom is -0.380 e. The smallest absolute Gasteiger partial charge is 0.188 e. The molecule has 72 valence electrons. The number of nitrogens with zero attached hydrogens (tertiary/aromatic N) is 2. The van der Waals surface area contributed by atoms with E-state index >= 15 is 0 Å². The third kappa shape index (κ3) is 2.39. The number of aliphatic imine (C=N–C) groups is 1. The van der Waals surface area contributed by atoms with Gasteiger partial charge in [-0.15, -0.1) is 0 Å². The Kier molecular flexibility index (Phi) is 2.83. The zero-order chi connectivity index (χ0) is 9.90. The van der Waals surface area contributed by atoms with Gasteiger partial charge in [0, 0.05) is 6.54 Å². The third-order valence-corrected chi connectivity index (χ3v) is 1.99. The van der Waals surface area contributed by atoms with E-state index in [-0.39, 0.29) is 12.3 Å². The number of carbonyl (C=O) groups excluding carboxylic acids is 1. The molecule has 0 saturated carbocycles. The standard InChI is InChI=1S/C9H14N2O2/c1-3-8(12)9(2,13)6-11-5-4-10-7-11/h3,7,13H,1,4-6H2,2H3. The van der Waals surface area contributed by atoms with E-state index in [0.717, 1.165) is 19.2 Å². The molecule has 0 radical (unpaired) electrons. The van der Waals surface area contributed by atoms with Gasteiger partial charge in [0.1, 0.15) is 5.60 Å². The zero-order valence-electron chi connectivity index (χ0n) is 7.73. The Morgan fingerprint density at radius 1 is 1.92 bits per heavy atom. The predicted octanol–water partition coefficient (Wildman–Crippen LogP) is -0.164. The van der Waals surface area contributed by atoms with E-state index in [4.69, 9.17) is 0 Å². The zero-order valence-corrected chi connectivity index (χ0v) is 7.73. The maximum Gasteiger partial charge on any atom is 0.188 e. The van der Waals surface area contributed by atoms with Gasteiger partial charge in [0.2, 0.25) is 0 Å². The Hall–Kier alpha value is -1.16. The molecule has 1 atom stereocenters. The second-order valence-corrected chi connectivity index (χ2v) is 3.33. The number of ketones is 1. The van der Waals surface area contributed by atoms with Crippen LogP contribution in [-0.4, -0.2) is 47.4 Å². The fourth-order valence-electron chi connectivity index (χ4n) is 1.23. The molecule has 1 aliphatic heterocycles. The van der Waals surface area contributed by atoms with Gasteiger partial charge in [-0.1, -0.05) is 6.58 Å². The highest BCUT2D eigenvalue weighted by Gasteiger charge is 2.30. The second kappa shape index (κ2) is 3.70. The number of hydrogen-bond acceptors (Lipinski definition) is 4. The first-order chi connectivity index (χ1) is 6.06. The Labute approximate surface area is 77.6 Å². The van der Waals surface area contributed by atoms with E-state index in [9.17, 15) is 9.90 Å². The van der Waals surface area contributed by atoms with Crippen LogP contribution in [0.15, 0.2) is 17.6 Å². The quantitative estimate of drug-likeness (QED) is 0.614. The van der Waals surface area contributed by atoms with Crippen molar-refractivity contribution >= 4 is 12.1 Å². The largest absolute Gasteiger partial charge is 0.380 e. The van der Waals surface area contributed by atoms with Gasteiger partial charge < -0.3 is 10.0 Å². The Morgan fingerprint density at radius 3 is 3.08 bits per heavy atom. The van der Waals surface area contributed by atoms with Gasteiger partial charge in [-0.3, -0.25) is 9.79 Å². The van der Waals surface area contributed by atoms with Crippen molar-refractivity contribution in [1.29, 1.82) is 0 Å². The van der Waals surface area contributed by atoms with Crippen molar-refractivity contribution in [1.82, 2.24) is 4.90 Å². The van der Waals surface area contributed by atoms with Crippen molar-refractivity contribution in [3.05, 3.63) is 12.7 Å². The molecule has 0 aromatic carbocycles. The lowest BCUT2D eigenvalue weighted by Crippen LogP contribution is -2.45. The summed E-state index contributed by atoms with van der Waals surface area (Å²) in [6.45, 7) is 6.61. The first-order valence-corrected chi connectivity index (χ1v) is 4.19. The van der Waals surface area contributed by atoms with Gasteiger partial charge in [0.05, 0.1) is 19.4 Å². The summed E-state index contributed by atoms with van der Waals surface area (Å²) in [5, 5.41) is 9.72. The molecule has 1 heterocycles. The van der Waals surface area contributed by atoms with Crippen LogP contribution < -0.4 is 0 Å². The molecule has 13 heavy (non-hydrogen) atoms. The molecule has 1 N–H and O–H groups in total. The molecule has 0 aliphatic carbocycles. The summed E-state index contributed by atoms with van der Waals surface area (Å²) < 4.78 is 0. The SMILES string of the molecule is C=CC(=O)C(C)(O)CN1C=NCC1. The molecule has 0 saturated heterocycles. The number of rotatable bonds is 4. The van der Waals surface area contributed by atoms with Crippen LogP contribution in [0.2, 0.25) is 0 Å². The Morgan fingerprint density at radius 2 is 2.62 bits per heavy atom. The van der Waals surface area contributed by atoms with Gasteiger partial charge in [0.15, 0.2) is 5.78 Å². The molecule has 1 unspecified atom stereocenters. The number of carbonyl (C=O) groups is 1. The first-order valence-electron chi connectivity index (χ1n) is 4.19. The van der Waals surface area contributed by atoms with Crippen molar-refractivity contribution < 1.29 is 9.90 Å². The predicted molar refractivity (Wildman–Crippen MR) is 50.8 cm³/mol. The van der Waals surface area contributed by atoms with Crippen molar-refractivity contribution in [2.75, 3.05) is 19.6 Å². The van der Waals surface area contributed by atoms with E-state index in [2.05, 4.69) is 11.6 Å². The molecule has 1 aliphatic rings. The highest BCUT2D eigenvalue weighted by Crippen LogP contribution is 2.09. The van der Waals surface area contributed by atoms with E-state index in [1.54, 1.807) is 6.34 Å². The van der Waals surface area contributed by atoms with Gasteiger partial charge in [-0.05, 0) is 13.0 Å². The number of hydrogen-bond donors (Lipinski definition) is 1. The Balaban J connectivity index is 2.54. The van der Waals surface area contributed by atoms with Gasteiger partial charge in [0.25, 0.3) is 0 Å². The second-order valence-electron chi connectivity index (χ2n) is 3.33. The molecule has 4 nitrogen and oxygen atoms in total. The van der Waals surface area contributed by atoms with Crippen molar-refractivity contribution in [2.45, 2.75) is 12.5 Å². The summed E-state index contributed by atoms with van der Waals surface area (Å²) in [4.78, 5) is 17.0. The fraction of sp³-hybridized carbons (Fsp3) is 0.556. The van der Waals surface area contributed by atoms with Gasteiger partial charge >= 0.3 is 0 Å². The van der Waals surface area contributed by atoms with Crippen LogP contribution in [0.4, 0.5) is 0 Å². The van der Waals surface area contributed by atoms with E-state index in [0.29, 0.717) is 0 Å². The summed E-state index contributed by atoms with van der Waals surface area (Å²) >= 11 is 0. The fourth-order valence-corrected chi connectivity index (χ4v) is 1.23. The minimum atomic E-state index is -1.35. The van der Waals surface area contributed by atoms with Crippen LogP contribution in [0.1, 0.15) is 6.92 Å². The molecule has 0 amide bonds. The average molecular weight is 182 g/mol. The third-order valence-electron chi connectivity index (χ3n) is 1.99. The molecule has 0 aromatic heterocycles. The summed E-state index contributed by atoms with van der Waals surface area (Å²) in [6, 6.07) is 0. The molecule has 0 bridgehead atoms. The Bertz CT molecular complexity index is 246. The highest BCUT2D eigenvalue weighted by atomic mass is 16.3. The summed E-state index contributed by atoms with van der Waals surface area (Å²) in [7, 11) is 0. The molecule has 4 heteroatoms. The minimum absolute atomic E-state index is 0.279. The topological polar surface area (TPSA) is 52.9 Å². The van der Waals surface area contributed by atoms with Crippen LogP contribution in [0.25, 0.3) is 0 Å². The van der Waals surface area contributed by atoms with Crippen LogP contribution in [0, 0.1) is 0 Å². The van der Waals surface area contributed by atoms with Crippen LogP contribution in [0.3, 0.4) is 0 Å². The van der Waals surface area contributed by atoms with Crippen LogP contribution in [0.5, 0.6) is 0 Å². The molecular weight excluding hydrogens is 168 g/mol. The maximum atomic E-state index is 11.2. The van der Waals surface area contributed by atoms with E-state index < -0.39 is 5.60 Å².